The van der Waals surface area contributed by atoms with Gasteiger partial charge >= 0.3 is 6.61 Å². The third-order valence-electron chi connectivity index (χ3n) is 3.65. The number of carbonyl (C=O) groups excluding carboxylic acids is 1. The van der Waals surface area contributed by atoms with E-state index in [1.54, 1.807) is 12.1 Å². The molecule has 3 rings (SSSR count). The lowest BCUT2D eigenvalue weighted by Crippen LogP contribution is -2.22. The summed E-state index contributed by atoms with van der Waals surface area (Å²) in [7, 11) is 1.34. The average Bonchev–Trinajstić information content (AvgIpc) is 3.05. The summed E-state index contributed by atoms with van der Waals surface area (Å²) in [5, 5.41) is 11.7. The highest BCUT2D eigenvalue weighted by molar-refractivity contribution is 7.19. The van der Waals surface area contributed by atoms with E-state index in [0.717, 1.165) is 10.2 Å². The van der Waals surface area contributed by atoms with Crippen LogP contribution in [-0.2, 0) is 4.79 Å². The van der Waals surface area contributed by atoms with Crippen LogP contribution in [0.2, 0.25) is 0 Å². The molecule has 5 nitrogen and oxygen atoms in total. The summed E-state index contributed by atoms with van der Waals surface area (Å²) in [6.45, 7) is -3.01. The van der Waals surface area contributed by atoms with Crippen LogP contribution in [0, 0.1) is 0 Å². The molecule has 0 fully saturated rings. The van der Waals surface area contributed by atoms with Crippen molar-refractivity contribution in [2.45, 2.75) is 13.0 Å². The minimum Gasteiger partial charge on any atom is -0.550 e. The van der Waals surface area contributed by atoms with Crippen molar-refractivity contribution in [3.05, 3.63) is 53.0 Å². The van der Waals surface area contributed by atoms with Gasteiger partial charge in [-0.25, -0.2) is 4.98 Å². The number of thiazole rings is 1. The second kappa shape index (κ2) is 8.13. The average molecular weight is 390 g/mol. The van der Waals surface area contributed by atoms with Gasteiger partial charge < -0.3 is 19.4 Å². The summed E-state index contributed by atoms with van der Waals surface area (Å²) in [6.07, 6.45) is 1.20. The van der Waals surface area contributed by atoms with E-state index in [4.69, 9.17) is 4.74 Å². The van der Waals surface area contributed by atoms with E-state index < -0.39 is 12.6 Å². The number of rotatable bonds is 7. The standard InChI is InChI=1S/C19H15F2NO4S/c1-25-14-7-6-11(9-15(14)26-19(20)21)8-12(10-17(23)24)18-22-13-4-2-3-5-16(13)27-18/h2-9,19H,10H2,1H3,(H,23,24)/p-1/b12-8+. The van der Waals surface area contributed by atoms with Crippen molar-refractivity contribution >= 4 is 39.2 Å². The summed E-state index contributed by atoms with van der Waals surface area (Å²) >= 11 is 1.34. The zero-order valence-electron chi connectivity index (χ0n) is 14.1. The van der Waals surface area contributed by atoms with Crippen molar-refractivity contribution in [2.24, 2.45) is 0 Å². The Hall–Kier alpha value is -3.00. The number of alkyl halides is 2. The maximum absolute atomic E-state index is 12.6. The van der Waals surface area contributed by atoms with Crippen LogP contribution in [0.1, 0.15) is 17.0 Å². The normalized spacial score (nSPS) is 11.8. The molecule has 0 aliphatic heterocycles. The van der Waals surface area contributed by atoms with Crippen molar-refractivity contribution in [3.63, 3.8) is 0 Å². The quantitative estimate of drug-likeness (QED) is 0.617. The Kier molecular flexibility index (Phi) is 5.66. The summed E-state index contributed by atoms with van der Waals surface area (Å²) in [5.41, 5.74) is 1.63. The smallest absolute Gasteiger partial charge is 0.387 e. The zero-order valence-corrected chi connectivity index (χ0v) is 15.0. The molecule has 0 amide bonds. The monoisotopic (exact) mass is 390 g/mol. The predicted molar refractivity (Wildman–Crippen MR) is 96.7 cm³/mol. The van der Waals surface area contributed by atoms with Gasteiger partial charge in [0.2, 0.25) is 0 Å². The Bertz CT molecular complexity index is 967. The van der Waals surface area contributed by atoms with Crippen LogP contribution in [-0.4, -0.2) is 24.7 Å². The molecule has 140 valence electrons. The van der Waals surface area contributed by atoms with E-state index in [1.807, 2.05) is 24.3 Å². The molecule has 3 aromatic rings. The fourth-order valence-corrected chi connectivity index (χ4v) is 3.51. The van der Waals surface area contributed by atoms with Crippen LogP contribution >= 0.6 is 11.3 Å². The van der Waals surface area contributed by atoms with Crippen LogP contribution in [0.15, 0.2) is 42.5 Å². The number of para-hydroxylation sites is 1. The molecular weight excluding hydrogens is 376 g/mol. The number of carbonyl (C=O) groups is 1. The molecule has 0 aliphatic carbocycles. The van der Waals surface area contributed by atoms with Gasteiger partial charge in [0.15, 0.2) is 11.5 Å². The molecule has 8 heteroatoms. The number of ether oxygens (including phenoxy) is 2. The van der Waals surface area contributed by atoms with Crippen LogP contribution in [0.5, 0.6) is 11.5 Å². The van der Waals surface area contributed by atoms with Gasteiger partial charge in [-0.05, 0) is 41.5 Å². The highest BCUT2D eigenvalue weighted by Gasteiger charge is 2.13. The van der Waals surface area contributed by atoms with E-state index in [0.29, 0.717) is 16.1 Å². The van der Waals surface area contributed by atoms with Crippen molar-refractivity contribution in [3.8, 4) is 11.5 Å². The maximum Gasteiger partial charge on any atom is 0.387 e. The third kappa shape index (κ3) is 4.59. The van der Waals surface area contributed by atoms with Crippen LogP contribution in [0.4, 0.5) is 8.78 Å². The second-order valence-electron chi connectivity index (χ2n) is 5.49. The molecule has 0 atom stereocenters. The molecule has 1 heterocycles. The number of hydrogen-bond donors (Lipinski definition) is 0. The van der Waals surface area contributed by atoms with Gasteiger partial charge in [-0.2, -0.15) is 8.78 Å². The number of fused-ring (bicyclic) bond motifs is 1. The number of carboxylic acid groups (broad SMARTS) is 1. The van der Waals surface area contributed by atoms with Crippen LogP contribution < -0.4 is 14.6 Å². The van der Waals surface area contributed by atoms with Crippen molar-refractivity contribution in [1.82, 2.24) is 4.98 Å². The summed E-state index contributed by atoms with van der Waals surface area (Å²) in [5.74, 6) is -1.26. The Labute approximate surface area is 157 Å². The SMILES string of the molecule is COc1ccc(/C=C(\CC(=O)[O-])c2nc3ccccc3s2)cc1OC(F)F. The topological polar surface area (TPSA) is 71.5 Å². The summed E-state index contributed by atoms with van der Waals surface area (Å²) in [6, 6.07) is 11.9. The van der Waals surface area contributed by atoms with Gasteiger partial charge in [-0.15, -0.1) is 11.3 Å². The lowest BCUT2D eigenvalue weighted by molar-refractivity contribution is -0.304. The van der Waals surface area contributed by atoms with Gasteiger partial charge in [0.05, 0.1) is 17.3 Å². The first kappa shape index (κ1) is 18.8. The Morgan fingerprint density at radius 3 is 2.70 bits per heavy atom. The minimum atomic E-state index is -3.01. The van der Waals surface area contributed by atoms with E-state index in [2.05, 4.69) is 9.72 Å². The molecule has 0 unspecified atom stereocenters. The fourth-order valence-electron chi connectivity index (χ4n) is 2.53. The van der Waals surface area contributed by atoms with Crippen molar-refractivity contribution in [1.29, 1.82) is 0 Å². The first-order valence-electron chi connectivity index (χ1n) is 7.85. The lowest BCUT2D eigenvalue weighted by Gasteiger charge is -2.11. The Balaban J connectivity index is 2.04. The molecule has 0 saturated heterocycles. The number of methoxy groups -OCH3 is 1. The number of nitrogens with zero attached hydrogens (tertiary/aromatic N) is 1. The highest BCUT2D eigenvalue weighted by Crippen LogP contribution is 2.33. The minimum absolute atomic E-state index is 0.140. The predicted octanol–water partition coefficient (Wildman–Crippen LogP) is 3.59. The second-order valence-corrected chi connectivity index (χ2v) is 6.52. The number of hydrogen-bond acceptors (Lipinski definition) is 6. The van der Waals surface area contributed by atoms with E-state index >= 15 is 0 Å². The van der Waals surface area contributed by atoms with E-state index in [9.17, 15) is 18.7 Å². The number of benzene rings is 2. The molecule has 0 saturated carbocycles. The molecule has 0 bridgehead atoms. The van der Waals surface area contributed by atoms with Gasteiger partial charge in [-0.3, -0.25) is 0 Å². The molecule has 1 aromatic heterocycles. The van der Waals surface area contributed by atoms with E-state index in [1.165, 1.54) is 30.6 Å². The highest BCUT2D eigenvalue weighted by atomic mass is 32.1. The molecule has 27 heavy (non-hydrogen) atoms. The molecular formula is C19H14F2NO4S-. The maximum atomic E-state index is 12.6. The summed E-state index contributed by atoms with van der Waals surface area (Å²) < 4.78 is 35.6. The molecule has 0 spiro atoms. The number of carboxylic acids is 1. The molecule has 0 N–H and O–H groups in total. The first-order valence-corrected chi connectivity index (χ1v) is 8.67. The summed E-state index contributed by atoms with van der Waals surface area (Å²) in [4.78, 5) is 15.6. The van der Waals surface area contributed by atoms with Crippen molar-refractivity contribution < 1.29 is 28.2 Å². The number of aromatic nitrogens is 1. The fraction of sp³-hybridized carbons (Fsp3) is 0.158. The van der Waals surface area contributed by atoms with E-state index in [-0.39, 0.29) is 17.9 Å². The zero-order chi connectivity index (χ0) is 19.4. The van der Waals surface area contributed by atoms with Crippen molar-refractivity contribution in [2.75, 3.05) is 7.11 Å². The molecule has 0 radical (unpaired) electrons. The Morgan fingerprint density at radius 1 is 1.26 bits per heavy atom. The Morgan fingerprint density at radius 2 is 2.04 bits per heavy atom. The van der Waals surface area contributed by atoms with Gasteiger partial charge in [-0.1, -0.05) is 18.2 Å². The van der Waals surface area contributed by atoms with Gasteiger partial charge in [0, 0.05) is 12.4 Å². The van der Waals surface area contributed by atoms with Gasteiger partial charge in [0.1, 0.15) is 5.01 Å². The lowest BCUT2D eigenvalue weighted by atomic mass is 10.1. The molecule has 2 aromatic carbocycles. The largest absolute Gasteiger partial charge is 0.550 e. The van der Waals surface area contributed by atoms with Crippen LogP contribution in [0.3, 0.4) is 0 Å². The van der Waals surface area contributed by atoms with Crippen LogP contribution in [0.25, 0.3) is 21.9 Å². The number of halogens is 2. The third-order valence-corrected chi connectivity index (χ3v) is 4.76. The number of aliphatic carboxylic acids is 1. The first-order chi connectivity index (χ1) is 13.0. The van der Waals surface area contributed by atoms with Gasteiger partial charge in [0.25, 0.3) is 0 Å². The molecule has 0 aliphatic rings.